The summed E-state index contributed by atoms with van der Waals surface area (Å²) in [7, 11) is 0. The zero-order chi connectivity index (χ0) is 14.9. The van der Waals surface area contributed by atoms with Crippen LogP contribution in [0, 0.1) is 5.92 Å². The molecule has 2 fully saturated rings. The molecule has 22 heavy (non-hydrogen) atoms. The zero-order valence-electron chi connectivity index (χ0n) is 12.7. The molecule has 4 rings (SSSR count). The molecule has 0 bridgehead atoms. The minimum absolute atomic E-state index is 0.0175. The maximum absolute atomic E-state index is 6.01. The van der Waals surface area contributed by atoms with Gasteiger partial charge in [0.15, 0.2) is 6.29 Å². The van der Waals surface area contributed by atoms with Gasteiger partial charge in [-0.15, -0.1) is 0 Å². The Balaban J connectivity index is 1.74. The number of aromatic amines is 1. The van der Waals surface area contributed by atoms with Crippen LogP contribution in [-0.4, -0.2) is 24.5 Å². The van der Waals surface area contributed by atoms with E-state index in [0.717, 1.165) is 30.5 Å². The number of rotatable bonds is 1. The van der Waals surface area contributed by atoms with Gasteiger partial charge in [0.2, 0.25) is 0 Å². The Kier molecular flexibility index (Phi) is 4.25. The summed E-state index contributed by atoms with van der Waals surface area (Å²) in [6.45, 7) is 1.68. The van der Waals surface area contributed by atoms with E-state index in [1.165, 1.54) is 35.7 Å². The molecule has 4 heteroatoms. The first-order valence-electron chi connectivity index (χ1n) is 8.32. The molecule has 3 atom stereocenters. The second-order valence-electron chi connectivity index (χ2n) is 6.45. The highest BCUT2D eigenvalue weighted by Gasteiger charge is 2.36. The van der Waals surface area contributed by atoms with Crippen LogP contribution in [0.5, 0.6) is 0 Å². The summed E-state index contributed by atoms with van der Waals surface area (Å²) in [5, 5.41) is 1.34. The van der Waals surface area contributed by atoms with Gasteiger partial charge in [-0.2, -0.15) is 0 Å². The summed E-state index contributed by atoms with van der Waals surface area (Å²) in [4.78, 5) is 3.44. The van der Waals surface area contributed by atoms with Gasteiger partial charge in [-0.05, 0) is 55.4 Å². The lowest BCUT2D eigenvalue weighted by Crippen LogP contribution is -2.37. The van der Waals surface area contributed by atoms with Crippen LogP contribution in [0.25, 0.3) is 10.9 Å². The van der Waals surface area contributed by atoms with Crippen molar-refractivity contribution in [2.75, 3.05) is 13.2 Å². The number of ether oxygens (including phenoxy) is 2. The molecule has 2 aromatic rings. The SMILES string of the molecule is Brc1ccc2[nH]cc([C@H]3CCCCO[C@@H]4OCCC[C@@H]43)c2c1. The largest absolute Gasteiger partial charge is 0.361 e. The first-order valence-corrected chi connectivity index (χ1v) is 9.12. The van der Waals surface area contributed by atoms with E-state index in [0.29, 0.717) is 11.8 Å². The monoisotopic (exact) mass is 363 g/mol. The van der Waals surface area contributed by atoms with Crippen LogP contribution in [-0.2, 0) is 9.47 Å². The third kappa shape index (κ3) is 2.72. The fourth-order valence-electron chi connectivity index (χ4n) is 4.03. The number of aromatic nitrogens is 1. The van der Waals surface area contributed by atoms with Crippen LogP contribution in [0.15, 0.2) is 28.9 Å². The summed E-state index contributed by atoms with van der Waals surface area (Å²) in [5.41, 5.74) is 2.65. The maximum atomic E-state index is 6.01. The molecule has 0 unspecified atom stereocenters. The van der Waals surface area contributed by atoms with Gasteiger partial charge in [-0.1, -0.05) is 22.4 Å². The molecule has 0 spiro atoms. The van der Waals surface area contributed by atoms with Crippen LogP contribution < -0.4 is 0 Å². The number of H-pyrrole nitrogens is 1. The van der Waals surface area contributed by atoms with Crippen molar-refractivity contribution in [1.82, 2.24) is 4.98 Å². The van der Waals surface area contributed by atoms with Crippen LogP contribution in [0.1, 0.15) is 43.6 Å². The molecule has 0 saturated carbocycles. The van der Waals surface area contributed by atoms with Gasteiger partial charge >= 0.3 is 0 Å². The predicted molar refractivity (Wildman–Crippen MR) is 91.0 cm³/mol. The minimum atomic E-state index is -0.0175. The van der Waals surface area contributed by atoms with Gasteiger partial charge in [-0.25, -0.2) is 0 Å². The van der Waals surface area contributed by atoms with Gasteiger partial charge < -0.3 is 14.5 Å². The Morgan fingerprint density at radius 2 is 1.91 bits per heavy atom. The van der Waals surface area contributed by atoms with Crippen molar-refractivity contribution in [3.05, 3.63) is 34.4 Å². The van der Waals surface area contributed by atoms with Crippen LogP contribution in [0.4, 0.5) is 0 Å². The molecule has 0 amide bonds. The first-order chi connectivity index (χ1) is 10.8. The molecule has 1 aromatic carbocycles. The number of hydrogen-bond acceptors (Lipinski definition) is 2. The lowest BCUT2D eigenvalue weighted by atomic mass is 9.78. The van der Waals surface area contributed by atoms with Crippen molar-refractivity contribution >= 4 is 26.8 Å². The highest BCUT2D eigenvalue weighted by atomic mass is 79.9. The van der Waals surface area contributed by atoms with Crippen LogP contribution in [0.2, 0.25) is 0 Å². The van der Waals surface area contributed by atoms with Gasteiger partial charge in [0.05, 0.1) is 0 Å². The van der Waals surface area contributed by atoms with Crippen LogP contribution >= 0.6 is 15.9 Å². The highest BCUT2D eigenvalue weighted by Crippen LogP contribution is 2.42. The van der Waals surface area contributed by atoms with Gasteiger partial charge in [0, 0.05) is 40.7 Å². The molecular formula is C18H22BrNO2. The second-order valence-corrected chi connectivity index (χ2v) is 7.37. The normalized spacial score (nSPS) is 29.8. The van der Waals surface area contributed by atoms with Crippen molar-refractivity contribution < 1.29 is 9.47 Å². The minimum Gasteiger partial charge on any atom is -0.361 e. The second kappa shape index (κ2) is 6.34. The molecule has 2 saturated heterocycles. The lowest BCUT2D eigenvalue weighted by molar-refractivity contribution is -0.202. The van der Waals surface area contributed by atoms with E-state index in [2.05, 4.69) is 45.3 Å². The average Bonchev–Trinajstić information content (AvgIpc) is 2.91. The van der Waals surface area contributed by atoms with E-state index in [-0.39, 0.29) is 6.29 Å². The number of hydrogen-bond donors (Lipinski definition) is 1. The van der Waals surface area contributed by atoms with Crippen molar-refractivity contribution in [3.63, 3.8) is 0 Å². The van der Waals surface area contributed by atoms with Gasteiger partial charge in [0.25, 0.3) is 0 Å². The fourth-order valence-corrected chi connectivity index (χ4v) is 4.39. The fraction of sp³-hybridized carbons (Fsp3) is 0.556. The Morgan fingerprint density at radius 3 is 2.82 bits per heavy atom. The number of nitrogens with one attached hydrogen (secondary N) is 1. The molecule has 0 aliphatic carbocycles. The average molecular weight is 364 g/mol. The molecule has 3 heterocycles. The Morgan fingerprint density at radius 1 is 1.05 bits per heavy atom. The molecule has 2 aliphatic rings. The van der Waals surface area contributed by atoms with Crippen molar-refractivity contribution in [3.8, 4) is 0 Å². The van der Waals surface area contributed by atoms with Crippen molar-refractivity contribution in [2.45, 2.75) is 44.3 Å². The smallest absolute Gasteiger partial charge is 0.160 e. The highest BCUT2D eigenvalue weighted by molar-refractivity contribution is 9.10. The molecule has 0 radical (unpaired) electrons. The van der Waals surface area contributed by atoms with E-state index in [1.54, 1.807) is 0 Å². The summed E-state index contributed by atoms with van der Waals surface area (Å²) in [6.07, 6.45) is 8.13. The Bertz CT molecular complexity index is 654. The molecule has 1 aromatic heterocycles. The van der Waals surface area contributed by atoms with Gasteiger partial charge in [0.1, 0.15) is 0 Å². The maximum Gasteiger partial charge on any atom is 0.160 e. The van der Waals surface area contributed by atoms with Crippen molar-refractivity contribution in [1.29, 1.82) is 0 Å². The van der Waals surface area contributed by atoms with Crippen LogP contribution in [0.3, 0.4) is 0 Å². The van der Waals surface area contributed by atoms with Gasteiger partial charge in [-0.3, -0.25) is 0 Å². The Hall–Kier alpha value is -0.840. The molecular weight excluding hydrogens is 342 g/mol. The standard InChI is InChI=1S/C18H22BrNO2/c19-12-6-7-17-15(10-12)16(11-20-17)13-4-1-2-8-21-18-14(13)5-3-9-22-18/h6-7,10-11,13-14,18,20H,1-5,8-9H2/t13-,14+,18+/m0/s1. The zero-order valence-corrected chi connectivity index (χ0v) is 14.3. The summed E-state index contributed by atoms with van der Waals surface area (Å²) in [5.74, 6) is 1.00. The quantitative estimate of drug-likeness (QED) is 0.776. The molecule has 118 valence electrons. The Labute approximate surface area is 139 Å². The lowest BCUT2D eigenvalue weighted by Gasteiger charge is -2.38. The summed E-state index contributed by atoms with van der Waals surface area (Å²) in [6, 6.07) is 6.48. The van der Waals surface area contributed by atoms with E-state index in [9.17, 15) is 0 Å². The number of benzene rings is 1. The third-order valence-electron chi connectivity index (χ3n) is 5.10. The van der Waals surface area contributed by atoms with E-state index in [4.69, 9.17) is 9.47 Å². The predicted octanol–water partition coefficient (Wildman–Crippen LogP) is 4.97. The number of halogens is 1. The molecule has 2 aliphatic heterocycles. The summed E-state index contributed by atoms with van der Waals surface area (Å²) >= 11 is 3.61. The molecule has 1 N–H and O–H groups in total. The van der Waals surface area contributed by atoms with E-state index in [1.807, 2.05) is 0 Å². The molecule has 3 nitrogen and oxygen atoms in total. The first kappa shape index (κ1) is 14.7. The third-order valence-corrected chi connectivity index (χ3v) is 5.59. The van der Waals surface area contributed by atoms with Crippen molar-refractivity contribution in [2.24, 2.45) is 5.92 Å². The van der Waals surface area contributed by atoms with E-state index >= 15 is 0 Å². The summed E-state index contributed by atoms with van der Waals surface area (Å²) < 4.78 is 13.1. The topological polar surface area (TPSA) is 34.2 Å². The number of fused-ring (bicyclic) bond motifs is 2. The van der Waals surface area contributed by atoms with E-state index < -0.39 is 0 Å².